The van der Waals surface area contributed by atoms with E-state index in [1.54, 1.807) is 0 Å². The Morgan fingerprint density at radius 1 is 0.909 bits per heavy atom. The summed E-state index contributed by atoms with van der Waals surface area (Å²) in [5, 5.41) is 13.7. The number of allylic oxidation sites excluding steroid dienone is 1. The molecule has 5 aromatic rings. The number of aromatic nitrogens is 6. The van der Waals surface area contributed by atoms with Crippen LogP contribution < -0.4 is 14.4 Å². The molecule has 0 spiro atoms. The highest BCUT2D eigenvalue weighted by Gasteiger charge is 2.22. The fourth-order valence-electron chi connectivity index (χ4n) is 5.31. The van der Waals surface area contributed by atoms with Gasteiger partial charge in [0, 0.05) is 55.5 Å². The zero-order chi connectivity index (χ0) is 31.1. The van der Waals surface area contributed by atoms with Gasteiger partial charge in [0.1, 0.15) is 12.0 Å². The number of nitrogens with zero attached hydrogens (tertiary/aromatic N) is 8. The molecule has 2 aromatic heterocycles. The van der Waals surface area contributed by atoms with Crippen LogP contribution in [0.25, 0.3) is 17.1 Å². The van der Waals surface area contributed by atoms with Crippen LogP contribution in [0.5, 0.6) is 0 Å². The first-order valence-corrected chi connectivity index (χ1v) is 15.5. The normalized spacial score (nSPS) is 11.2. The van der Waals surface area contributed by atoms with Crippen molar-refractivity contribution in [2.75, 3.05) is 23.9 Å². The van der Waals surface area contributed by atoms with Crippen LogP contribution in [0, 0.1) is 0 Å². The Bertz CT molecular complexity index is 1650. The lowest BCUT2D eigenvalue weighted by molar-refractivity contribution is -0.696. The third-order valence-electron chi connectivity index (χ3n) is 8.26. The third-order valence-corrected chi connectivity index (χ3v) is 8.26. The summed E-state index contributed by atoms with van der Waals surface area (Å²) in [4.78, 5) is 4.45. The average molecular weight is 590 g/mol. The molecule has 5 rings (SSSR count). The van der Waals surface area contributed by atoms with Crippen LogP contribution >= 0.6 is 0 Å². The number of benzene rings is 3. The Hall–Kier alpha value is -4.72. The molecular formula is C36H45N8+. The highest BCUT2D eigenvalue weighted by molar-refractivity contribution is 5.75. The minimum Gasteiger partial charge on any atom is -0.370 e. The second kappa shape index (κ2) is 14.2. The summed E-state index contributed by atoms with van der Waals surface area (Å²) >= 11 is 0. The predicted molar refractivity (Wildman–Crippen MR) is 179 cm³/mol. The SMILES string of the molecule is C=C(C)N(C)c1ccc(-n2c[n+](Cc3ccccc3)c(CCCCCn3cnnc3-c3ccccc3)n2)cc1N(C)C(C)C. The Kier molecular flexibility index (Phi) is 9.89. The van der Waals surface area contributed by atoms with E-state index in [0.717, 1.165) is 78.7 Å². The van der Waals surface area contributed by atoms with Crippen LogP contribution in [-0.2, 0) is 19.5 Å². The highest BCUT2D eigenvalue weighted by atomic mass is 15.4. The highest BCUT2D eigenvalue weighted by Crippen LogP contribution is 2.33. The Morgan fingerprint density at radius 2 is 1.64 bits per heavy atom. The van der Waals surface area contributed by atoms with Crippen LogP contribution in [-0.4, -0.2) is 44.7 Å². The maximum absolute atomic E-state index is 5.14. The van der Waals surface area contributed by atoms with Crippen molar-refractivity contribution in [1.82, 2.24) is 24.5 Å². The molecule has 0 radical (unpaired) electrons. The van der Waals surface area contributed by atoms with Crippen LogP contribution in [0.15, 0.2) is 104 Å². The van der Waals surface area contributed by atoms with Gasteiger partial charge in [-0.25, -0.2) is 4.57 Å². The topological polar surface area (TPSA) is 58.9 Å². The van der Waals surface area contributed by atoms with Crippen molar-refractivity contribution in [3.63, 3.8) is 0 Å². The maximum Gasteiger partial charge on any atom is 0.278 e. The second-order valence-electron chi connectivity index (χ2n) is 11.8. The molecule has 2 heterocycles. The molecule has 0 aliphatic carbocycles. The average Bonchev–Trinajstić information content (AvgIpc) is 3.68. The van der Waals surface area contributed by atoms with Crippen LogP contribution in [0.1, 0.15) is 51.4 Å². The lowest BCUT2D eigenvalue weighted by atomic mass is 10.1. The van der Waals surface area contributed by atoms with Crippen molar-refractivity contribution < 1.29 is 4.57 Å². The molecule has 228 valence electrons. The lowest BCUT2D eigenvalue weighted by Crippen LogP contribution is -2.36. The molecule has 44 heavy (non-hydrogen) atoms. The minimum absolute atomic E-state index is 0.348. The van der Waals surface area contributed by atoms with Gasteiger partial charge in [-0.05, 0) is 51.3 Å². The van der Waals surface area contributed by atoms with E-state index < -0.39 is 0 Å². The van der Waals surface area contributed by atoms with E-state index in [2.05, 4.69) is 131 Å². The van der Waals surface area contributed by atoms with Crippen molar-refractivity contribution in [1.29, 1.82) is 0 Å². The number of hydrogen-bond donors (Lipinski definition) is 0. The molecule has 0 fully saturated rings. The lowest BCUT2D eigenvalue weighted by Gasteiger charge is -2.30. The summed E-state index contributed by atoms with van der Waals surface area (Å²) in [7, 11) is 4.22. The van der Waals surface area contributed by atoms with Crippen LogP contribution in [0.2, 0.25) is 0 Å². The van der Waals surface area contributed by atoms with Gasteiger partial charge in [-0.15, -0.1) is 10.2 Å². The monoisotopic (exact) mass is 589 g/mol. The van der Waals surface area contributed by atoms with Crippen molar-refractivity contribution in [2.24, 2.45) is 0 Å². The zero-order valence-electron chi connectivity index (χ0n) is 26.8. The number of hydrogen-bond acceptors (Lipinski definition) is 5. The van der Waals surface area contributed by atoms with Crippen molar-refractivity contribution in [2.45, 2.75) is 65.6 Å². The molecule has 8 nitrogen and oxygen atoms in total. The first-order valence-electron chi connectivity index (χ1n) is 15.5. The quantitative estimate of drug-likeness (QED) is 0.107. The molecule has 0 aliphatic heterocycles. The van der Waals surface area contributed by atoms with Gasteiger partial charge in [0.05, 0.1) is 17.9 Å². The summed E-state index contributed by atoms with van der Waals surface area (Å²) in [5.74, 6) is 2.01. The van der Waals surface area contributed by atoms with Gasteiger partial charge in [0.2, 0.25) is 6.33 Å². The summed E-state index contributed by atoms with van der Waals surface area (Å²) in [6.45, 7) is 12.3. The fraction of sp³-hybridized carbons (Fsp3) is 0.333. The predicted octanol–water partition coefficient (Wildman–Crippen LogP) is 6.69. The smallest absolute Gasteiger partial charge is 0.278 e. The standard InChI is InChI=1S/C36H45N8/c1-28(2)40(5)33-22-21-32(24-34(33)41(6)29(3)4)44-27-43(25-30-16-10-7-11-17-30)35(39-44)20-14-9-15-23-42-26-37-38-36(42)31-18-12-8-13-19-31/h7-8,10-13,16-19,21-22,24,26-27,29H,1,9,14-15,20,23,25H2,2-6H3/q+1. The number of unbranched alkanes of at least 4 members (excludes halogenated alkanes) is 2. The van der Waals surface area contributed by atoms with Crippen molar-refractivity contribution in [3.8, 4) is 17.1 Å². The molecule has 0 atom stereocenters. The molecule has 0 bridgehead atoms. The van der Waals surface area contributed by atoms with Gasteiger partial charge in [-0.3, -0.25) is 0 Å². The van der Waals surface area contributed by atoms with E-state index in [-0.39, 0.29) is 0 Å². The van der Waals surface area contributed by atoms with Crippen molar-refractivity contribution >= 4 is 11.4 Å². The van der Waals surface area contributed by atoms with E-state index in [4.69, 9.17) is 5.10 Å². The molecule has 0 aliphatic rings. The van der Waals surface area contributed by atoms with Gasteiger partial charge >= 0.3 is 0 Å². The summed E-state index contributed by atoms with van der Waals surface area (Å²) in [6, 6.07) is 27.8. The molecule has 0 N–H and O–H groups in total. The van der Waals surface area contributed by atoms with Gasteiger partial charge in [-0.2, -0.15) is 0 Å². The van der Waals surface area contributed by atoms with Gasteiger partial charge < -0.3 is 14.4 Å². The van der Waals surface area contributed by atoms with Gasteiger partial charge in [0.15, 0.2) is 5.82 Å². The molecule has 0 saturated carbocycles. The molecular weight excluding hydrogens is 544 g/mol. The van der Waals surface area contributed by atoms with Gasteiger partial charge in [0.25, 0.3) is 5.82 Å². The largest absolute Gasteiger partial charge is 0.370 e. The van der Waals surface area contributed by atoms with Gasteiger partial charge in [-0.1, -0.05) is 78.3 Å². The molecule has 0 unspecified atom stereocenters. The number of aryl methyl sites for hydroxylation is 2. The summed E-state index contributed by atoms with van der Waals surface area (Å²) in [5.41, 5.74) is 6.68. The Morgan fingerprint density at radius 3 is 2.34 bits per heavy atom. The van der Waals surface area contributed by atoms with E-state index in [9.17, 15) is 0 Å². The molecule has 8 heteroatoms. The third kappa shape index (κ3) is 7.25. The first kappa shape index (κ1) is 30.7. The summed E-state index contributed by atoms with van der Waals surface area (Å²) < 4.78 is 6.48. The molecule has 0 amide bonds. The van der Waals surface area contributed by atoms with E-state index >= 15 is 0 Å². The zero-order valence-corrected chi connectivity index (χ0v) is 26.8. The first-order chi connectivity index (χ1) is 21.3. The minimum atomic E-state index is 0.348. The van der Waals surface area contributed by atoms with E-state index in [1.807, 2.05) is 36.1 Å². The Labute approximate surface area is 261 Å². The number of rotatable bonds is 14. The maximum atomic E-state index is 5.14. The number of anilines is 2. The fourth-order valence-corrected chi connectivity index (χ4v) is 5.31. The second-order valence-corrected chi connectivity index (χ2v) is 11.8. The molecule has 0 saturated heterocycles. The van der Waals surface area contributed by atoms with Crippen LogP contribution in [0.4, 0.5) is 11.4 Å². The Balaban J connectivity index is 1.34. The van der Waals surface area contributed by atoms with E-state index in [0.29, 0.717) is 6.04 Å². The van der Waals surface area contributed by atoms with Crippen LogP contribution in [0.3, 0.4) is 0 Å². The van der Waals surface area contributed by atoms with Crippen molar-refractivity contribution in [3.05, 3.63) is 115 Å². The summed E-state index contributed by atoms with van der Waals surface area (Å²) in [6.07, 6.45) is 8.08. The van der Waals surface area contributed by atoms with E-state index in [1.165, 1.54) is 5.56 Å². The molecule has 3 aromatic carbocycles.